The highest BCUT2D eigenvalue weighted by molar-refractivity contribution is 5.89. The number of quaternary nitrogens is 1. The van der Waals surface area contributed by atoms with E-state index in [1.54, 1.807) is 17.0 Å². The predicted molar refractivity (Wildman–Crippen MR) is 114 cm³/mol. The molecule has 3 rings (SSSR count). The summed E-state index contributed by atoms with van der Waals surface area (Å²) < 4.78 is 17.8. The zero-order chi connectivity index (χ0) is 20.9. The summed E-state index contributed by atoms with van der Waals surface area (Å²) in [5, 5.41) is 0. The van der Waals surface area contributed by atoms with Gasteiger partial charge in [-0.3, -0.25) is 0 Å². The summed E-state index contributed by atoms with van der Waals surface area (Å²) in [5.41, 5.74) is 0.322. The van der Waals surface area contributed by atoms with E-state index in [9.17, 15) is 4.79 Å². The summed E-state index contributed by atoms with van der Waals surface area (Å²) in [5.74, 6) is 1.26. The van der Waals surface area contributed by atoms with Crippen molar-refractivity contribution in [3.8, 4) is 5.75 Å². The highest BCUT2D eigenvalue weighted by Crippen LogP contribution is 2.30. The van der Waals surface area contributed by atoms with Crippen molar-refractivity contribution < 1.29 is 23.9 Å². The maximum Gasteiger partial charge on any atom is 0.338 e. The highest BCUT2D eigenvalue weighted by Gasteiger charge is 2.40. The topological polar surface area (TPSA) is 49.2 Å². The molecule has 1 aromatic carbocycles. The van der Waals surface area contributed by atoms with E-state index in [0.717, 1.165) is 18.7 Å². The fourth-order valence-corrected chi connectivity index (χ4v) is 4.26. The Hall–Kier alpha value is -1.59. The van der Waals surface area contributed by atoms with Gasteiger partial charge >= 0.3 is 5.97 Å². The Labute approximate surface area is 175 Å². The van der Waals surface area contributed by atoms with E-state index in [1.165, 1.54) is 32.4 Å². The van der Waals surface area contributed by atoms with Gasteiger partial charge in [0.2, 0.25) is 0 Å². The van der Waals surface area contributed by atoms with Gasteiger partial charge in [0.15, 0.2) is 0 Å². The average molecular weight is 405 g/mol. The van der Waals surface area contributed by atoms with Crippen LogP contribution in [0.5, 0.6) is 5.75 Å². The third kappa shape index (κ3) is 6.71. The van der Waals surface area contributed by atoms with Crippen LogP contribution in [0.3, 0.4) is 0 Å². The summed E-state index contributed by atoms with van der Waals surface area (Å²) in [7, 11) is 0. The fraction of sp³-hybridized carbons (Fsp3) is 0.708. The summed E-state index contributed by atoms with van der Waals surface area (Å²) in [6.45, 7) is 13.2. The van der Waals surface area contributed by atoms with E-state index < -0.39 is 0 Å². The SMILES string of the molecule is CC(C)COc1ccc(C(=O)O[C@@H]2CC(C)(C)OC[C@@H]2C[NH+]2CCCCC2)cc1. The van der Waals surface area contributed by atoms with Crippen LogP contribution in [0.1, 0.15) is 63.7 Å². The Morgan fingerprint density at radius 1 is 1.17 bits per heavy atom. The molecule has 162 valence electrons. The molecule has 1 N–H and O–H groups in total. The number of nitrogens with one attached hydrogen (secondary N) is 1. The summed E-state index contributed by atoms with van der Waals surface area (Å²) in [4.78, 5) is 14.5. The molecule has 0 saturated carbocycles. The van der Waals surface area contributed by atoms with Gasteiger partial charge in [0.1, 0.15) is 11.9 Å². The molecule has 0 aliphatic carbocycles. The van der Waals surface area contributed by atoms with Gasteiger partial charge in [-0.15, -0.1) is 0 Å². The van der Waals surface area contributed by atoms with E-state index in [2.05, 4.69) is 27.7 Å². The van der Waals surface area contributed by atoms with Gasteiger partial charge in [0.05, 0.1) is 49.9 Å². The normalized spacial score (nSPS) is 25.0. The third-order valence-corrected chi connectivity index (χ3v) is 5.95. The standard InChI is InChI=1S/C24H37NO4/c1-18(2)16-27-21-10-8-19(9-11-21)23(26)29-22-14-24(3,4)28-17-20(22)15-25-12-6-5-7-13-25/h8-11,18,20,22H,5-7,12-17H2,1-4H3/p+1/t20-,22+/m0/s1. The molecule has 1 aromatic rings. The first-order valence-corrected chi connectivity index (χ1v) is 11.2. The lowest BCUT2D eigenvalue weighted by molar-refractivity contribution is -0.909. The third-order valence-electron chi connectivity index (χ3n) is 5.95. The van der Waals surface area contributed by atoms with Gasteiger partial charge in [0.25, 0.3) is 0 Å². The molecule has 0 radical (unpaired) electrons. The molecular weight excluding hydrogens is 366 g/mol. The van der Waals surface area contributed by atoms with E-state index >= 15 is 0 Å². The number of rotatable bonds is 7. The van der Waals surface area contributed by atoms with E-state index in [1.807, 2.05) is 12.1 Å². The lowest BCUT2D eigenvalue weighted by atomic mass is 9.87. The monoisotopic (exact) mass is 404 g/mol. The molecule has 2 saturated heterocycles. The number of hydrogen-bond acceptors (Lipinski definition) is 4. The quantitative estimate of drug-likeness (QED) is 0.710. The second-order valence-electron chi connectivity index (χ2n) is 9.72. The predicted octanol–water partition coefficient (Wildman–Crippen LogP) is 3.13. The van der Waals surface area contributed by atoms with Crippen LogP contribution in [-0.2, 0) is 9.47 Å². The molecule has 2 heterocycles. The fourth-order valence-electron chi connectivity index (χ4n) is 4.26. The van der Waals surface area contributed by atoms with Crippen LogP contribution in [0.15, 0.2) is 24.3 Å². The Kier molecular flexibility index (Phi) is 7.58. The number of esters is 1. The number of carbonyl (C=O) groups excluding carboxylic acids is 1. The van der Waals surface area contributed by atoms with Crippen LogP contribution in [0.4, 0.5) is 0 Å². The number of benzene rings is 1. The highest BCUT2D eigenvalue weighted by atomic mass is 16.6. The molecule has 0 aromatic heterocycles. The van der Waals surface area contributed by atoms with E-state index in [0.29, 0.717) is 24.7 Å². The maximum absolute atomic E-state index is 12.8. The lowest BCUT2D eigenvalue weighted by Crippen LogP contribution is -3.13. The molecule has 5 heteroatoms. The van der Waals surface area contributed by atoms with Crippen molar-refractivity contribution >= 4 is 5.97 Å². The van der Waals surface area contributed by atoms with Crippen molar-refractivity contribution in [1.29, 1.82) is 0 Å². The Morgan fingerprint density at radius 3 is 2.52 bits per heavy atom. The zero-order valence-electron chi connectivity index (χ0n) is 18.5. The summed E-state index contributed by atoms with van der Waals surface area (Å²) in [6, 6.07) is 7.30. The van der Waals surface area contributed by atoms with Crippen molar-refractivity contribution in [2.24, 2.45) is 11.8 Å². The van der Waals surface area contributed by atoms with Gasteiger partial charge < -0.3 is 19.1 Å². The second kappa shape index (κ2) is 9.94. The largest absolute Gasteiger partial charge is 0.493 e. The molecular formula is C24H38NO4+. The molecule has 2 fully saturated rings. The van der Waals surface area contributed by atoms with E-state index in [4.69, 9.17) is 14.2 Å². The zero-order valence-corrected chi connectivity index (χ0v) is 18.5. The first kappa shape index (κ1) is 22.1. The molecule has 29 heavy (non-hydrogen) atoms. The van der Waals surface area contributed by atoms with Crippen LogP contribution in [0.25, 0.3) is 0 Å². The van der Waals surface area contributed by atoms with Crippen molar-refractivity contribution in [2.45, 2.75) is 65.1 Å². The van der Waals surface area contributed by atoms with Gasteiger partial charge in [-0.2, -0.15) is 0 Å². The van der Waals surface area contributed by atoms with Crippen molar-refractivity contribution in [2.75, 3.05) is 32.8 Å². The Balaban J connectivity index is 1.61. The number of ether oxygens (including phenoxy) is 3. The minimum atomic E-state index is -0.257. The first-order chi connectivity index (χ1) is 13.8. The molecule has 5 nitrogen and oxygen atoms in total. The molecule has 0 amide bonds. The van der Waals surface area contributed by atoms with Crippen molar-refractivity contribution in [3.63, 3.8) is 0 Å². The van der Waals surface area contributed by atoms with Gasteiger partial charge in [0, 0.05) is 6.42 Å². The van der Waals surface area contributed by atoms with Crippen LogP contribution < -0.4 is 9.64 Å². The minimum absolute atomic E-state index is 0.0995. The maximum atomic E-state index is 12.8. The molecule has 2 atom stereocenters. The number of carbonyl (C=O) groups is 1. The Bertz CT molecular complexity index is 649. The van der Waals surface area contributed by atoms with Crippen molar-refractivity contribution in [1.82, 2.24) is 0 Å². The van der Waals surface area contributed by atoms with Crippen LogP contribution >= 0.6 is 0 Å². The Morgan fingerprint density at radius 2 is 1.86 bits per heavy atom. The minimum Gasteiger partial charge on any atom is -0.493 e. The lowest BCUT2D eigenvalue weighted by Gasteiger charge is -2.41. The molecule has 2 aliphatic rings. The summed E-state index contributed by atoms with van der Waals surface area (Å²) in [6.07, 6.45) is 4.57. The number of likely N-dealkylation sites (tertiary alicyclic amines) is 1. The smallest absolute Gasteiger partial charge is 0.338 e. The van der Waals surface area contributed by atoms with Crippen molar-refractivity contribution in [3.05, 3.63) is 29.8 Å². The van der Waals surface area contributed by atoms with Crippen LogP contribution in [0.2, 0.25) is 0 Å². The number of hydrogen-bond donors (Lipinski definition) is 1. The average Bonchev–Trinajstić information content (AvgIpc) is 2.69. The molecule has 0 unspecified atom stereocenters. The molecule has 0 spiro atoms. The molecule has 0 bridgehead atoms. The molecule has 2 aliphatic heterocycles. The van der Waals surface area contributed by atoms with Crippen LogP contribution in [-0.4, -0.2) is 50.5 Å². The van der Waals surface area contributed by atoms with Gasteiger partial charge in [-0.05, 0) is 63.3 Å². The van der Waals surface area contributed by atoms with Crippen LogP contribution in [0, 0.1) is 11.8 Å². The van der Waals surface area contributed by atoms with Gasteiger partial charge in [-0.1, -0.05) is 13.8 Å². The summed E-state index contributed by atoms with van der Waals surface area (Å²) >= 11 is 0. The number of piperidine rings is 1. The second-order valence-corrected chi connectivity index (χ2v) is 9.72. The first-order valence-electron chi connectivity index (χ1n) is 11.2. The van der Waals surface area contributed by atoms with Gasteiger partial charge in [-0.25, -0.2) is 4.79 Å². The van der Waals surface area contributed by atoms with E-state index in [-0.39, 0.29) is 23.6 Å².